The number of hydrogen-bond donors (Lipinski definition) is 3. The highest BCUT2D eigenvalue weighted by molar-refractivity contribution is 6.34. The maximum atomic E-state index is 17.1. The molecule has 8 aliphatic rings. The summed E-state index contributed by atoms with van der Waals surface area (Å²) in [5.74, 6) is -1.49. The molecule has 4 aromatic heterocycles. The third kappa shape index (κ3) is 8.28. The van der Waals surface area contributed by atoms with Crippen LogP contribution in [0.4, 0.5) is 34.0 Å². The number of rotatable bonds is 11. The minimum atomic E-state index is -4.94. The van der Waals surface area contributed by atoms with Gasteiger partial charge >= 0.3 is 24.2 Å². The Labute approximate surface area is 470 Å². The maximum Gasteiger partial charge on any atom is 0.418 e. The SMILES string of the molecule is C=C(COC(=O)NC12CC(c3c4c(nc5cc6c(cc35)OCO6)-c3cc5c(c(=O)n3C4)COC(=O)C5(O)CC)(C1)C2)C(=O)N1CCN(c2nc(OCC3CCCN3C)nc3c(F)c(-c4nc(N)cc(C)c4C(F)(F)F)c(Cl)cc23)C(C)C1. The number of nitrogens with two attached hydrogens (primary N) is 1. The quantitative estimate of drug-likeness (QED) is 0.0660. The van der Waals surface area contributed by atoms with Gasteiger partial charge in [-0.3, -0.25) is 9.59 Å². The number of esters is 1. The van der Waals surface area contributed by atoms with Gasteiger partial charge in [-0.25, -0.2) is 23.9 Å². The zero-order valence-corrected chi connectivity index (χ0v) is 45.8. The first kappa shape index (κ1) is 53.5. The van der Waals surface area contributed by atoms with Crippen molar-refractivity contribution in [3.63, 3.8) is 0 Å². The first-order chi connectivity index (χ1) is 39.0. The van der Waals surface area contributed by atoms with Gasteiger partial charge in [0.15, 0.2) is 22.9 Å². The Morgan fingerprint density at radius 3 is 2.45 bits per heavy atom. The van der Waals surface area contributed by atoms with E-state index in [1.165, 1.54) is 13.0 Å². The van der Waals surface area contributed by atoms with E-state index in [0.717, 1.165) is 42.0 Å². The van der Waals surface area contributed by atoms with E-state index in [4.69, 9.17) is 51.0 Å². The van der Waals surface area contributed by atoms with E-state index in [2.05, 4.69) is 26.8 Å². The molecule has 2 aromatic carbocycles. The number of halogens is 5. The highest BCUT2D eigenvalue weighted by atomic mass is 35.5. The van der Waals surface area contributed by atoms with E-state index in [-0.39, 0.29) is 120 Å². The number of alkyl halides is 3. The first-order valence-electron chi connectivity index (χ1n) is 27.0. The molecule has 0 spiro atoms. The lowest BCUT2D eigenvalue weighted by Crippen LogP contribution is -2.77. The second-order valence-electron chi connectivity index (χ2n) is 22.8. The molecule has 25 heteroatoms. The van der Waals surface area contributed by atoms with Crippen LogP contribution in [-0.4, -0.2) is 128 Å². The van der Waals surface area contributed by atoms with E-state index in [9.17, 15) is 37.5 Å². The third-order valence-electron chi connectivity index (χ3n) is 17.7. The molecular weight excluding hydrogens is 1100 g/mol. The Hall–Kier alpha value is -7.83. The molecule has 3 unspecified atom stereocenters. The molecule has 14 rings (SSSR count). The van der Waals surface area contributed by atoms with Crippen LogP contribution in [0.5, 0.6) is 17.5 Å². The van der Waals surface area contributed by atoms with Crippen LogP contribution in [0.1, 0.15) is 85.8 Å². The van der Waals surface area contributed by atoms with Crippen molar-refractivity contribution in [1.82, 2.24) is 39.6 Å². The summed E-state index contributed by atoms with van der Waals surface area (Å²) in [6.45, 7) is 9.57. The van der Waals surface area contributed by atoms with Gasteiger partial charge in [-0.1, -0.05) is 25.1 Å². The number of carbonyl (C=O) groups excluding carboxylic acids is 3. The number of benzene rings is 2. The molecule has 0 radical (unpaired) electrons. The molecule has 428 valence electrons. The third-order valence-corrected chi connectivity index (χ3v) is 17.9. The number of hydrogen-bond acceptors (Lipinski definition) is 17. The number of aromatic nitrogens is 5. The Bertz CT molecular complexity index is 3880. The second kappa shape index (κ2) is 18.9. The number of amides is 2. The number of alkyl carbamates (subject to hydrolysis) is 1. The Balaban J connectivity index is 0.703. The summed E-state index contributed by atoms with van der Waals surface area (Å²) in [6.07, 6.45) is -2.31. The maximum absolute atomic E-state index is 17.1. The Morgan fingerprint density at radius 1 is 0.988 bits per heavy atom. The number of cyclic esters (lactones) is 1. The smallest absolute Gasteiger partial charge is 0.418 e. The molecule has 3 saturated carbocycles. The minimum Gasteiger partial charge on any atom is -0.462 e. The Kier molecular flexibility index (Phi) is 12.3. The molecule has 2 saturated heterocycles. The average Bonchev–Trinajstić information content (AvgIpc) is 0.950. The normalized spacial score (nSPS) is 24.1. The molecule has 5 aliphatic heterocycles. The molecule has 6 aromatic rings. The lowest BCUT2D eigenvalue weighted by molar-refractivity contribution is -0.172. The molecule has 20 nitrogen and oxygen atoms in total. The van der Waals surface area contributed by atoms with Crippen LogP contribution in [0.25, 0.3) is 44.5 Å². The van der Waals surface area contributed by atoms with Gasteiger partial charge in [-0.05, 0) is 101 Å². The van der Waals surface area contributed by atoms with Gasteiger partial charge in [0, 0.05) is 76.2 Å². The van der Waals surface area contributed by atoms with Crippen LogP contribution in [0.2, 0.25) is 5.02 Å². The number of pyridine rings is 3. The van der Waals surface area contributed by atoms with Gasteiger partial charge in [0.2, 0.25) is 6.79 Å². The molecule has 4 N–H and O–H groups in total. The number of carbonyl (C=O) groups is 3. The summed E-state index contributed by atoms with van der Waals surface area (Å²) in [5, 5.41) is 15.0. The van der Waals surface area contributed by atoms with E-state index in [1.54, 1.807) is 28.5 Å². The van der Waals surface area contributed by atoms with Crippen LogP contribution in [-0.2, 0) is 49.4 Å². The highest BCUT2D eigenvalue weighted by Crippen LogP contribution is 2.70. The van der Waals surface area contributed by atoms with Crippen LogP contribution in [0, 0.1) is 12.7 Å². The standard InChI is InChI=1S/C57H55ClF4N10O10/c1-6-56(77)34-15-37-45-32(18-72(37)50(74)33(34)21-78-51(56)75)43(30-14-38-39(82-25-81-38)16-36(30)64-45)54-22-55(23-54,24-54)68-53(76)80-19-27(3)49(73)70-10-11-71(28(4)17-70)48-31-13-35(58)41(47-42(57(60,61)62)26(2)12-40(63)65-47)44(59)46(31)66-52(67-48)79-20-29-8-7-9-69(29)5/h12-16,28-29,77H,3,6-11,17-25H2,1-2,4-5H3,(H2,63,65)(H,68,76). The summed E-state index contributed by atoms with van der Waals surface area (Å²) in [5.41, 5.74) is 3.02. The van der Waals surface area contributed by atoms with E-state index in [1.807, 2.05) is 24.9 Å². The van der Waals surface area contributed by atoms with E-state index >= 15 is 4.39 Å². The fraction of sp³-hybridized carbons (Fsp3) is 0.439. The molecular formula is C57H55ClF4N10O10. The fourth-order valence-corrected chi connectivity index (χ4v) is 13.9. The van der Waals surface area contributed by atoms with Gasteiger partial charge in [0.25, 0.3) is 11.5 Å². The first-order valence-corrected chi connectivity index (χ1v) is 27.4. The summed E-state index contributed by atoms with van der Waals surface area (Å²) in [7, 11) is 1.95. The van der Waals surface area contributed by atoms with Crippen molar-refractivity contribution >= 4 is 63.0 Å². The van der Waals surface area contributed by atoms with E-state index < -0.39 is 76.0 Å². The second-order valence-corrected chi connectivity index (χ2v) is 23.2. The molecule has 82 heavy (non-hydrogen) atoms. The minimum absolute atomic E-state index is 0.00214. The fourth-order valence-electron chi connectivity index (χ4n) is 13.7. The molecule has 2 amide bonds. The summed E-state index contributed by atoms with van der Waals surface area (Å²) in [6, 6.07) is 7.04. The number of piperazine rings is 1. The number of anilines is 2. The van der Waals surface area contributed by atoms with Crippen molar-refractivity contribution in [3.05, 3.63) is 97.1 Å². The predicted molar refractivity (Wildman–Crippen MR) is 289 cm³/mol. The van der Waals surface area contributed by atoms with Gasteiger partial charge in [-0.2, -0.15) is 23.1 Å². The predicted octanol–water partition coefficient (Wildman–Crippen LogP) is 7.18. The molecule has 3 aliphatic carbocycles. The largest absolute Gasteiger partial charge is 0.462 e. The number of nitrogen functional groups attached to an aromatic ring is 1. The number of fused-ring (bicyclic) bond motifs is 7. The summed E-state index contributed by atoms with van der Waals surface area (Å²) >= 11 is 6.72. The van der Waals surface area contributed by atoms with E-state index in [0.29, 0.717) is 47.7 Å². The number of likely N-dealkylation sites (N-methyl/N-ethyl adjacent to an activating group) is 1. The molecule has 5 fully saturated rings. The molecule has 3 atom stereocenters. The number of ether oxygens (including phenoxy) is 5. The number of likely N-dealkylation sites (tertiary alicyclic amines) is 1. The highest BCUT2D eigenvalue weighted by Gasteiger charge is 2.70. The topological polar surface area (TPSA) is 239 Å². The Morgan fingerprint density at radius 2 is 1.74 bits per heavy atom. The van der Waals surface area contributed by atoms with Gasteiger partial charge in [0.05, 0.1) is 50.9 Å². The van der Waals surface area contributed by atoms with Crippen molar-refractivity contribution < 1.29 is 60.7 Å². The van der Waals surface area contributed by atoms with Gasteiger partial charge < -0.3 is 59.1 Å². The zero-order chi connectivity index (χ0) is 57.7. The van der Waals surface area contributed by atoms with Crippen molar-refractivity contribution in [3.8, 4) is 40.2 Å². The monoisotopic (exact) mass is 1150 g/mol. The van der Waals surface area contributed by atoms with Crippen LogP contribution in [0.15, 0.2) is 47.3 Å². The van der Waals surface area contributed by atoms with Crippen molar-refractivity contribution in [2.75, 3.05) is 63.9 Å². The zero-order valence-electron chi connectivity index (χ0n) is 45.0. The number of nitrogens with one attached hydrogen (secondary N) is 1. The number of aliphatic hydroxyl groups is 1. The number of aryl methyl sites for hydroxylation is 1. The van der Waals surface area contributed by atoms with Crippen molar-refractivity contribution in [2.45, 2.75) is 107 Å². The van der Waals surface area contributed by atoms with Crippen LogP contribution >= 0.6 is 11.6 Å². The average molecular weight is 1150 g/mol. The summed E-state index contributed by atoms with van der Waals surface area (Å²) < 4.78 is 90.9. The van der Waals surface area contributed by atoms with Crippen LogP contribution in [0.3, 0.4) is 0 Å². The lowest BCUT2D eigenvalue weighted by atomic mass is 9.37. The van der Waals surface area contributed by atoms with Crippen molar-refractivity contribution in [2.24, 2.45) is 0 Å². The molecule has 2 bridgehead atoms. The van der Waals surface area contributed by atoms with Crippen LogP contribution < -0.4 is 35.7 Å². The van der Waals surface area contributed by atoms with Crippen molar-refractivity contribution in [1.29, 1.82) is 0 Å². The summed E-state index contributed by atoms with van der Waals surface area (Å²) in [4.78, 5) is 78.2. The number of nitrogens with zero attached hydrogens (tertiary/aromatic N) is 8. The lowest BCUT2D eigenvalue weighted by Gasteiger charge is -2.71. The van der Waals surface area contributed by atoms with Gasteiger partial charge in [-0.15, -0.1) is 0 Å². The van der Waals surface area contributed by atoms with Gasteiger partial charge in [0.1, 0.15) is 37.0 Å². The molecule has 9 heterocycles.